The Kier molecular flexibility index (Phi) is 5.25. The highest BCUT2D eigenvalue weighted by Gasteiger charge is 2.11. The standard InChI is InChI=1S/C18H18O5/c1-21-15-10-13(11-16(22-2)17(15)23-3)5-4-12-6-8-14(9-7-12)18(19)20/h4-11H,1-3H3,(H,19,20)/b5-4-. The van der Waals surface area contributed by atoms with Crippen molar-refractivity contribution >= 4 is 18.1 Å². The molecule has 0 heterocycles. The Morgan fingerprint density at radius 2 is 1.39 bits per heavy atom. The highest BCUT2D eigenvalue weighted by Crippen LogP contribution is 2.38. The average Bonchev–Trinajstić information content (AvgIpc) is 2.59. The van der Waals surface area contributed by atoms with Crippen LogP contribution >= 0.6 is 0 Å². The van der Waals surface area contributed by atoms with Crippen molar-refractivity contribution in [1.82, 2.24) is 0 Å². The maximum atomic E-state index is 10.8. The number of hydrogen-bond acceptors (Lipinski definition) is 4. The van der Waals surface area contributed by atoms with Gasteiger partial charge in [0.25, 0.3) is 0 Å². The van der Waals surface area contributed by atoms with Gasteiger partial charge < -0.3 is 19.3 Å². The fourth-order valence-corrected chi connectivity index (χ4v) is 2.13. The molecular weight excluding hydrogens is 296 g/mol. The van der Waals surface area contributed by atoms with Gasteiger partial charge in [0.1, 0.15) is 0 Å². The first kappa shape index (κ1) is 16.4. The summed E-state index contributed by atoms with van der Waals surface area (Å²) in [6.07, 6.45) is 3.77. The lowest BCUT2D eigenvalue weighted by Gasteiger charge is -2.12. The van der Waals surface area contributed by atoms with Crippen molar-refractivity contribution in [3.05, 3.63) is 53.1 Å². The zero-order chi connectivity index (χ0) is 16.8. The maximum absolute atomic E-state index is 10.8. The fraction of sp³-hybridized carbons (Fsp3) is 0.167. The second-order valence-electron chi connectivity index (χ2n) is 4.72. The molecule has 23 heavy (non-hydrogen) atoms. The third-order valence-electron chi connectivity index (χ3n) is 3.31. The Hall–Kier alpha value is -2.95. The van der Waals surface area contributed by atoms with E-state index in [0.717, 1.165) is 11.1 Å². The van der Waals surface area contributed by atoms with Crippen LogP contribution in [0, 0.1) is 0 Å². The molecule has 0 bridgehead atoms. The lowest BCUT2D eigenvalue weighted by Crippen LogP contribution is -1.95. The van der Waals surface area contributed by atoms with Crippen LogP contribution in [0.2, 0.25) is 0 Å². The second kappa shape index (κ2) is 7.35. The number of methoxy groups -OCH3 is 3. The zero-order valence-corrected chi connectivity index (χ0v) is 13.2. The molecule has 0 aliphatic rings. The van der Waals surface area contributed by atoms with Crippen molar-refractivity contribution in [3.8, 4) is 17.2 Å². The van der Waals surface area contributed by atoms with Gasteiger partial charge in [-0.3, -0.25) is 0 Å². The van der Waals surface area contributed by atoms with E-state index in [1.807, 2.05) is 24.3 Å². The van der Waals surface area contributed by atoms with E-state index in [1.165, 1.54) is 0 Å². The molecule has 0 aliphatic heterocycles. The van der Waals surface area contributed by atoms with Crippen molar-refractivity contribution in [2.45, 2.75) is 0 Å². The minimum Gasteiger partial charge on any atom is -0.493 e. The largest absolute Gasteiger partial charge is 0.493 e. The predicted molar refractivity (Wildman–Crippen MR) is 88.4 cm³/mol. The topological polar surface area (TPSA) is 65.0 Å². The van der Waals surface area contributed by atoms with E-state index >= 15 is 0 Å². The van der Waals surface area contributed by atoms with E-state index in [2.05, 4.69) is 0 Å². The third kappa shape index (κ3) is 3.83. The number of hydrogen-bond donors (Lipinski definition) is 1. The van der Waals surface area contributed by atoms with Gasteiger partial charge >= 0.3 is 5.97 Å². The molecule has 0 saturated heterocycles. The first-order valence-electron chi connectivity index (χ1n) is 6.90. The van der Waals surface area contributed by atoms with E-state index in [0.29, 0.717) is 17.2 Å². The molecule has 2 aromatic carbocycles. The first-order chi connectivity index (χ1) is 11.1. The van der Waals surface area contributed by atoms with Crippen LogP contribution in [0.4, 0.5) is 0 Å². The minimum atomic E-state index is -0.940. The number of benzene rings is 2. The Morgan fingerprint density at radius 3 is 1.83 bits per heavy atom. The molecule has 5 heteroatoms. The quantitative estimate of drug-likeness (QED) is 0.826. The summed E-state index contributed by atoms with van der Waals surface area (Å²) in [5.74, 6) is 0.753. The van der Waals surface area contributed by atoms with Gasteiger partial charge in [-0.1, -0.05) is 24.3 Å². The molecule has 0 fully saturated rings. The van der Waals surface area contributed by atoms with E-state index < -0.39 is 5.97 Å². The van der Waals surface area contributed by atoms with E-state index in [1.54, 1.807) is 45.6 Å². The lowest BCUT2D eigenvalue weighted by molar-refractivity contribution is 0.0697. The molecule has 5 nitrogen and oxygen atoms in total. The third-order valence-corrected chi connectivity index (χ3v) is 3.31. The molecule has 0 radical (unpaired) electrons. The molecule has 2 rings (SSSR count). The molecule has 0 unspecified atom stereocenters. The van der Waals surface area contributed by atoms with Gasteiger partial charge in [-0.05, 0) is 35.4 Å². The van der Waals surface area contributed by atoms with Crippen LogP contribution in [0.15, 0.2) is 36.4 Å². The summed E-state index contributed by atoms with van der Waals surface area (Å²) < 4.78 is 15.9. The summed E-state index contributed by atoms with van der Waals surface area (Å²) >= 11 is 0. The monoisotopic (exact) mass is 314 g/mol. The Morgan fingerprint density at radius 1 is 0.870 bits per heavy atom. The maximum Gasteiger partial charge on any atom is 0.335 e. The van der Waals surface area contributed by atoms with E-state index in [4.69, 9.17) is 19.3 Å². The van der Waals surface area contributed by atoms with Crippen LogP contribution in [0.25, 0.3) is 12.2 Å². The number of rotatable bonds is 6. The number of carboxylic acid groups (broad SMARTS) is 1. The molecule has 0 saturated carbocycles. The predicted octanol–water partition coefficient (Wildman–Crippen LogP) is 3.58. The fourth-order valence-electron chi connectivity index (χ4n) is 2.13. The Bertz CT molecular complexity index is 692. The lowest BCUT2D eigenvalue weighted by atomic mass is 10.1. The average molecular weight is 314 g/mol. The van der Waals surface area contributed by atoms with Gasteiger partial charge in [0.2, 0.25) is 5.75 Å². The Labute approximate surface area is 134 Å². The van der Waals surface area contributed by atoms with Gasteiger partial charge in [-0.25, -0.2) is 4.79 Å². The summed E-state index contributed by atoms with van der Waals surface area (Å²) in [4.78, 5) is 10.8. The second-order valence-corrected chi connectivity index (χ2v) is 4.72. The number of ether oxygens (including phenoxy) is 3. The molecule has 0 aliphatic carbocycles. The summed E-state index contributed by atoms with van der Waals surface area (Å²) in [5, 5.41) is 8.89. The van der Waals surface area contributed by atoms with Gasteiger partial charge in [0, 0.05) is 0 Å². The van der Waals surface area contributed by atoms with Crippen molar-refractivity contribution in [2.24, 2.45) is 0 Å². The molecular formula is C18H18O5. The molecule has 0 amide bonds. The molecule has 0 spiro atoms. The van der Waals surface area contributed by atoms with E-state index in [9.17, 15) is 4.79 Å². The summed E-state index contributed by atoms with van der Waals surface area (Å²) in [6.45, 7) is 0. The molecule has 0 aromatic heterocycles. The molecule has 2 aromatic rings. The highest BCUT2D eigenvalue weighted by atomic mass is 16.5. The highest BCUT2D eigenvalue weighted by molar-refractivity contribution is 5.88. The van der Waals surface area contributed by atoms with Crippen molar-refractivity contribution in [1.29, 1.82) is 0 Å². The van der Waals surface area contributed by atoms with Crippen molar-refractivity contribution < 1.29 is 24.1 Å². The van der Waals surface area contributed by atoms with Crippen LogP contribution in [0.5, 0.6) is 17.2 Å². The van der Waals surface area contributed by atoms with Crippen LogP contribution in [-0.4, -0.2) is 32.4 Å². The number of carbonyl (C=O) groups is 1. The molecule has 0 atom stereocenters. The molecule has 1 N–H and O–H groups in total. The van der Waals surface area contributed by atoms with Crippen LogP contribution in [0.1, 0.15) is 21.5 Å². The van der Waals surface area contributed by atoms with E-state index in [-0.39, 0.29) is 5.56 Å². The first-order valence-corrected chi connectivity index (χ1v) is 6.90. The van der Waals surface area contributed by atoms with Gasteiger partial charge in [-0.2, -0.15) is 0 Å². The minimum absolute atomic E-state index is 0.259. The number of carboxylic acids is 1. The van der Waals surface area contributed by atoms with Crippen molar-refractivity contribution in [3.63, 3.8) is 0 Å². The smallest absolute Gasteiger partial charge is 0.335 e. The molecule has 120 valence electrons. The summed E-state index contributed by atoms with van der Waals surface area (Å²) in [6, 6.07) is 10.3. The summed E-state index contributed by atoms with van der Waals surface area (Å²) in [7, 11) is 4.69. The van der Waals surface area contributed by atoms with Gasteiger partial charge in [0.15, 0.2) is 11.5 Å². The number of aromatic carboxylic acids is 1. The van der Waals surface area contributed by atoms with Crippen molar-refractivity contribution in [2.75, 3.05) is 21.3 Å². The van der Waals surface area contributed by atoms with Crippen LogP contribution in [0.3, 0.4) is 0 Å². The SMILES string of the molecule is COc1cc(/C=C\c2ccc(C(=O)O)cc2)cc(OC)c1OC. The van der Waals surface area contributed by atoms with Crippen LogP contribution in [-0.2, 0) is 0 Å². The van der Waals surface area contributed by atoms with Crippen LogP contribution < -0.4 is 14.2 Å². The summed E-state index contributed by atoms with van der Waals surface area (Å²) in [5.41, 5.74) is 2.03. The van der Waals surface area contributed by atoms with Gasteiger partial charge in [0.05, 0.1) is 26.9 Å². The van der Waals surface area contributed by atoms with Gasteiger partial charge in [-0.15, -0.1) is 0 Å². The zero-order valence-electron chi connectivity index (χ0n) is 13.2. The normalized spacial score (nSPS) is 10.6. The Balaban J connectivity index is 2.30.